The highest BCUT2D eigenvalue weighted by Crippen LogP contribution is 2.37. The first-order chi connectivity index (χ1) is 11.6. The van der Waals surface area contributed by atoms with Gasteiger partial charge in [0, 0.05) is 0 Å². The Labute approximate surface area is 151 Å². The van der Waals surface area contributed by atoms with E-state index in [0.29, 0.717) is 0 Å². The van der Waals surface area contributed by atoms with Crippen LogP contribution in [0.3, 0.4) is 0 Å². The van der Waals surface area contributed by atoms with Gasteiger partial charge in [-0.1, -0.05) is 111 Å². The molecule has 0 aromatic heterocycles. The Morgan fingerprint density at radius 3 is 1.33 bits per heavy atom. The summed E-state index contributed by atoms with van der Waals surface area (Å²) >= 11 is 0. The highest BCUT2D eigenvalue weighted by atomic mass is 16.4. The normalized spacial score (nSPS) is 13.8. The highest BCUT2D eigenvalue weighted by molar-refractivity contribution is 5.74. The molecule has 2 heteroatoms. The maximum Gasteiger partial charge on any atom is 0.309 e. The number of aliphatic carboxylic acids is 1. The first-order valence-electron chi connectivity index (χ1n) is 10.9. The first kappa shape index (κ1) is 23.5. The number of hydrogen-bond acceptors (Lipinski definition) is 1. The Balaban J connectivity index is 4.23. The van der Waals surface area contributed by atoms with Crippen molar-refractivity contribution < 1.29 is 9.90 Å². The largest absolute Gasteiger partial charge is 0.481 e. The van der Waals surface area contributed by atoms with Crippen LogP contribution in [0.15, 0.2) is 0 Å². The van der Waals surface area contributed by atoms with Gasteiger partial charge < -0.3 is 5.11 Å². The lowest BCUT2D eigenvalue weighted by Crippen LogP contribution is -2.31. The third-order valence-corrected chi connectivity index (χ3v) is 5.48. The molecule has 1 unspecified atom stereocenters. The van der Waals surface area contributed by atoms with Crippen LogP contribution in [0.5, 0.6) is 0 Å². The molecule has 0 heterocycles. The molecule has 2 nitrogen and oxygen atoms in total. The van der Waals surface area contributed by atoms with E-state index in [-0.39, 0.29) is 0 Å². The molecule has 1 N–H and O–H groups in total. The number of hydrogen-bond donors (Lipinski definition) is 1. The van der Waals surface area contributed by atoms with Gasteiger partial charge in [0.25, 0.3) is 0 Å². The fourth-order valence-electron chi connectivity index (χ4n) is 3.70. The summed E-state index contributed by atoms with van der Waals surface area (Å²) < 4.78 is 0. The summed E-state index contributed by atoms with van der Waals surface area (Å²) in [4.78, 5) is 12.0. The molecule has 0 aliphatic rings. The van der Waals surface area contributed by atoms with Crippen LogP contribution in [0.2, 0.25) is 0 Å². The monoisotopic (exact) mass is 340 g/mol. The summed E-state index contributed by atoms with van der Waals surface area (Å²) in [7, 11) is 0. The van der Waals surface area contributed by atoms with Crippen LogP contribution in [0.25, 0.3) is 0 Å². The highest BCUT2D eigenvalue weighted by Gasteiger charge is 2.36. The summed E-state index contributed by atoms with van der Waals surface area (Å²) in [5, 5.41) is 9.91. The van der Waals surface area contributed by atoms with Crippen molar-refractivity contribution in [2.24, 2.45) is 5.41 Å². The van der Waals surface area contributed by atoms with Crippen molar-refractivity contribution in [1.29, 1.82) is 0 Å². The van der Waals surface area contributed by atoms with Gasteiger partial charge in [0.15, 0.2) is 0 Å². The minimum atomic E-state index is -0.532. The zero-order chi connectivity index (χ0) is 18.1. The Hall–Kier alpha value is -0.530. The van der Waals surface area contributed by atoms with Gasteiger partial charge in [-0.2, -0.15) is 0 Å². The molecule has 0 saturated heterocycles. The molecule has 0 aromatic rings. The zero-order valence-electron chi connectivity index (χ0n) is 16.9. The van der Waals surface area contributed by atoms with E-state index in [4.69, 9.17) is 0 Å². The fourth-order valence-corrected chi connectivity index (χ4v) is 3.70. The van der Waals surface area contributed by atoms with Crippen LogP contribution in [-0.2, 0) is 4.79 Å². The molecule has 0 aliphatic heterocycles. The SMILES string of the molecule is CCCCCCCCCCC(CCCC)(CCCCCC)C(=O)O. The zero-order valence-corrected chi connectivity index (χ0v) is 16.9. The van der Waals surface area contributed by atoms with E-state index in [1.807, 2.05) is 0 Å². The maximum atomic E-state index is 12.0. The number of unbranched alkanes of at least 4 members (excludes halogenated alkanes) is 11. The molecule has 1 atom stereocenters. The number of carbonyl (C=O) groups is 1. The standard InChI is InChI=1S/C22H44O2/c1-4-7-10-12-13-14-15-17-20-22(21(23)24,18-9-6-3)19-16-11-8-5-2/h4-20H2,1-3H3,(H,23,24). The fraction of sp³-hybridized carbons (Fsp3) is 0.955. The van der Waals surface area contributed by atoms with E-state index < -0.39 is 11.4 Å². The molecule has 144 valence electrons. The summed E-state index contributed by atoms with van der Waals surface area (Å²) in [6, 6.07) is 0. The van der Waals surface area contributed by atoms with E-state index in [2.05, 4.69) is 20.8 Å². The maximum absolute atomic E-state index is 12.0. The van der Waals surface area contributed by atoms with Gasteiger partial charge in [-0.25, -0.2) is 0 Å². The van der Waals surface area contributed by atoms with Crippen molar-refractivity contribution in [3.05, 3.63) is 0 Å². The molecule has 0 radical (unpaired) electrons. The van der Waals surface area contributed by atoms with Gasteiger partial charge in [-0.05, 0) is 19.3 Å². The lowest BCUT2D eigenvalue weighted by molar-refractivity contribution is -0.150. The van der Waals surface area contributed by atoms with Crippen molar-refractivity contribution >= 4 is 5.97 Å². The Bertz CT molecular complexity index is 288. The lowest BCUT2D eigenvalue weighted by Gasteiger charge is -2.30. The predicted octanol–water partition coefficient (Wildman–Crippen LogP) is 7.75. The van der Waals surface area contributed by atoms with Crippen molar-refractivity contribution in [2.75, 3.05) is 0 Å². The second-order valence-electron chi connectivity index (χ2n) is 7.72. The smallest absolute Gasteiger partial charge is 0.309 e. The minimum Gasteiger partial charge on any atom is -0.481 e. The van der Waals surface area contributed by atoms with Gasteiger partial charge in [-0.3, -0.25) is 4.79 Å². The van der Waals surface area contributed by atoms with E-state index in [9.17, 15) is 9.90 Å². The molecule has 24 heavy (non-hydrogen) atoms. The third kappa shape index (κ3) is 11.1. The van der Waals surface area contributed by atoms with Crippen LogP contribution in [0.4, 0.5) is 0 Å². The van der Waals surface area contributed by atoms with Crippen molar-refractivity contribution in [3.63, 3.8) is 0 Å². The Morgan fingerprint density at radius 2 is 0.917 bits per heavy atom. The average molecular weight is 341 g/mol. The molecule has 0 aromatic carbocycles. The molecule has 0 bridgehead atoms. The minimum absolute atomic E-state index is 0.439. The molecular formula is C22H44O2. The van der Waals surface area contributed by atoms with Gasteiger partial charge in [0.1, 0.15) is 0 Å². The molecule has 0 saturated carbocycles. The first-order valence-corrected chi connectivity index (χ1v) is 10.9. The molecule has 0 fully saturated rings. The van der Waals surface area contributed by atoms with Crippen LogP contribution < -0.4 is 0 Å². The van der Waals surface area contributed by atoms with Gasteiger partial charge in [-0.15, -0.1) is 0 Å². The number of rotatable bonds is 18. The lowest BCUT2D eigenvalue weighted by atomic mass is 9.74. The predicted molar refractivity (Wildman–Crippen MR) is 106 cm³/mol. The van der Waals surface area contributed by atoms with E-state index in [1.54, 1.807) is 0 Å². The van der Waals surface area contributed by atoms with Crippen LogP contribution in [0, 0.1) is 5.41 Å². The van der Waals surface area contributed by atoms with Crippen LogP contribution >= 0.6 is 0 Å². The topological polar surface area (TPSA) is 37.3 Å². The second-order valence-corrected chi connectivity index (χ2v) is 7.72. The van der Waals surface area contributed by atoms with Crippen molar-refractivity contribution in [1.82, 2.24) is 0 Å². The number of carboxylic acid groups (broad SMARTS) is 1. The molecule has 0 rings (SSSR count). The van der Waals surface area contributed by atoms with Crippen LogP contribution in [0.1, 0.15) is 130 Å². The third-order valence-electron chi connectivity index (χ3n) is 5.48. The average Bonchev–Trinajstić information content (AvgIpc) is 2.58. The Kier molecular flexibility index (Phi) is 15.6. The summed E-state index contributed by atoms with van der Waals surface area (Å²) in [6.45, 7) is 6.63. The van der Waals surface area contributed by atoms with Crippen LogP contribution in [-0.4, -0.2) is 11.1 Å². The summed E-state index contributed by atoms with van der Waals surface area (Å²) in [6.07, 6.45) is 19.8. The van der Waals surface area contributed by atoms with Crippen molar-refractivity contribution in [3.8, 4) is 0 Å². The quantitative estimate of drug-likeness (QED) is 0.259. The molecule has 0 spiro atoms. The summed E-state index contributed by atoms with van der Waals surface area (Å²) in [5.41, 5.74) is -0.439. The second kappa shape index (κ2) is 16.0. The molecule has 0 aliphatic carbocycles. The van der Waals surface area contributed by atoms with Gasteiger partial charge in [0.2, 0.25) is 0 Å². The number of carboxylic acids is 1. The molecule has 0 amide bonds. The molecular weight excluding hydrogens is 296 g/mol. The van der Waals surface area contributed by atoms with E-state index >= 15 is 0 Å². The van der Waals surface area contributed by atoms with Gasteiger partial charge in [0.05, 0.1) is 5.41 Å². The summed E-state index contributed by atoms with van der Waals surface area (Å²) in [5.74, 6) is -0.532. The van der Waals surface area contributed by atoms with Crippen molar-refractivity contribution in [2.45, 2.75) is 130 Å². The Morgan fingerprint density at radius 1 is 0.583 bits per heavy atom. The van der Waals surface area contributed by atoms with Gasteiger partial charge >= 0.3 is 5.97 Å². The van der Waals surface area contributed by atoms with E-state index in [1.165, 1.54) is 64.2 Å². The van der Waals surface area contributed by atoms with E-state index in [0.717, 1.165) is 44.9 Å².